The van der Waals surface area contributed by atoms with E-state index in [1.807, 2.05) is 48.5 Å². The summed E-state index contributed by atoms with van der Waals surface area (Å²) in [5.74, 6) is 0.494. The molecule has 1 amide bonds. The topological polar surface area (TPSA) is 47.6 Å². The number of fused-ring (bicyclic) bond motifs is 1. The maximum Gasteiger partial charge on any atom is 0.267 e. The average molecular weight is 388 g/mol. The van der Waals surface area contributed by atoms with Gasteiger partial charge < -0.3 is 14.8 Å². The van der Waals surface area contributed by atoms with E-state index in [1.165, 1.54) is 11.3 Å². The Hall–Kier alpha value is -2.08. The summed E-state index contributed by atoms with van der Waals surface area (Å²) in [6, 6.07) is 15.1. The number of carbonyl (C=O) groups excluding carboxylic acids is 1. The van der Waals surface area contributed by atoms with Gasteiger partial charge in [0.05, 0.1) is 11.1 Å². The first-order valence-electron chi connectivity index (χ1n) is 8.53. The number of ether oxygens (including phenoxy) is 2. The Morgan fingerprint density at radius 2 is 2.15 bits per heavy atom. The highest BCUT2D eigenvalue weighted by molar-refractivity contribution is 7.21. The van der Waals surface area contributed by atoms with Gasteiger partial charge in [-0.3, -0.25) is 4.79 Å². The molecule has 1 aliphatic heterocycles. The monoisotopic (exact) mass is 387 g/mol. The van der Waals surface area contributed by atoms with Crippen molar-refractivity contribution < 1.29 is 14.3 Å². The number of thiophene rings is 1. The second-order valence-electron chi connectivity index (χ2n) is 6.17. The molecule has 1 fully saturated rings. The fraction of sp³-hybridized carbons (Fsp3) is 0.250. The lowest BCUT2D eigenvalue weighted by atomic mass is 10.2. The van der Waals surface area contributed by atoms with Gasteiger partial charge in [-0.05, 0) is 31.0 Å². The standard InChI is InChI=1S/C20H18ClNO3S/c21-18-16-8-1-2-9-17(16)26-19(18)20(23)22-13-5-3-6-14(11-13)25-12-15-7-4-10-24-15/h1-3,5-6,8-9,11,15H,4,7,10,12H2,(H,22,23)/t15-/m1/s1. The zero-order valence-electron chi connectivity index (χ0n) is 14.0. The Morgan fingerprint density at radius 3 is 2.96 bits per heavy atom. The van der Waals surface area contributed by atoms with E-state index in [4.69, 9.17) is 21.1 Å². The van der Waals surface area contributed by atoms with Crippen LogP contribution in [0.1, 0.15) is 22.5 Å². The minimum absolute atomic E-state index is 0.158. The number of hydrogen-bond acceptors (Lipinski definition) is 4. The van der Waals surface area contributed by atoms with Crippen LogP contribution in [0.5, 0.6) is 5.75 Å². The molecular formula is C20H18ClNO3S. The zero-order chi connectivity index (χ0) is 17.9. The summed E-state index contributed by atoms with van der Waals surface area (Å²) >= 11 is 7.77. The molecule has 134 valence electrons. The van der Waals surface area contributed by atoms with Gasteiger partial charge in [-0.15, -0.1) is 11.3 Å². The first kappa shape index (κ1) is 17.3. The number of carbonyl (C=O) groups is 1. The van der Waals surface area contributed by atoms with Crippen molar-refractivity contribution in [2.24, 2.45) is 0 Å². The number of amides is 1. The smallest absolute Gasteiger partial charge is 0.267 e. The van der Waals surface area contributed by atoms with Gasteiger partial charge in [0.15, 0.2) is 0 Å². The number of halogens is 1. The number of nitrogens with one attached hydrogen (secondary N) is 1. The molecule has 1 aliphatic rings. The molecule has 2 heterocycles. The molecule has 1 atom stereocenters. The molecule has 0 bridgehead atoms. The molecule has 0 aliphatic carbocycles. The van der Waals surface area contributed by atoms with Crippen molar-refractivity contribution in [2.75, 3.05) is 18.5 Å². The van der Waals surface area contributed by atoms with Crippen molar-refractivity contribution in [3.63, 3.8) is 0 Å². The van der Waals surface area contributed by atoms with E-state index < -0.39 is 0 Å². The van der Waals surface area contributed by atoms with Crippen molar-refractivity contribution in [3.05, 3.63) is 58.4 Å². The van der Waals surface area contributed by atoms with Crippen LogP contribution < -0.4 is 10.1 Å². The molecular weight excluding hydrogens is 370 g/mol. The van der Waals surface area contributed by atoms with E-state index in [0.29, 0.717) is 27.9 Å². The van der Waals surface area contributed by atoms with E-state index in [1.54, 1.807) is 0 Å². The van der Waals surface area contributed by atoms with Crippen LogP contribution >= 0.6 is 22.9 Å². The van der Waals surface area contributed by atoms with Gasteiger partial charge in [0, 0.05) is 28.4 Å². The molecule has 3 aromatic rings. The van der Waals surface area contributed by atoms with Gasteiger partial charge in [0.1, 0.15) is 17.2 Å². The molecule has 0 radical (unpaired) electrons. The molecule has 0 unspecified atom stereocenters. The Balaban J connectivity index is 1.46. The summed E-state index contributed by atoms with van der Waals surface area (Å²) in [7, 11) is 0. The molecule has 1 saturated heterocycles. The van der Waals surface area contributed by atoms with Gasteiger partial charge in [0.2, 0.25) is 0 Å². The van der Waals surface area contributed by atoms with E-state index in [-0.39, 0.29) is 12.0 Å². The number of benzene rings is 2. The molecule has 26 heavy (non-hydrogen) atoms. The lowest BCUT2D eigenvalue weighted by Crippen LogP contribution is -2.16. The molecule has 1 aromatic heterocycles. The first-order chi connectivity index (χ1) is 12.7. The van der Waals surface area contributed by atoms with E-state index in [2.05, 4.69) is 5.32 Å². The van der Waals surface area contributed by atoms with Gasteiger partial charge in [-0.1, -0.05) is 35.9 Å². The summed E-state index contributed by atoms with van der Waals surface area (Å²) in [5, 5.41) is 4.30. The van der Waals surface area contributed by atoms with Crippen molar-refractivity contribution in [1.82, 2.24) is 0 Å². The van der Waals surface area contributed by atoms with Crippen molar-refractivity contribution in [3.8, 4) is 5.75 Å². The minimum Gasteiger partial charge on any atom is -0.491 e. The summed E-state index contributed by atoms with van der Waals surface area (Å²) in [6.45, 7) is 1.33. The van der Waals surface area contributed by atoms with Crippen LogP contribution in [0.2, 0.25) is 5.02 Å². The Morgan fingerprint density at radius 1 is 1.27 bits per heavy atom. The third kappa shape index (κ3) is 3.70. The highest BCUT2D eigenvalue weighted by Crippen LogP contribution is 2.35. The van der Waals surface area contributed by atoms with Crippen LogP contribution in [0.4, 0.5) is 5.69 Å². The molecule has 2 aromatic carbocycles. The van der Waals surface area contributed by atoms with Gasteiger partial charge in [-0.2, -0.15) is 0 Å². The second kappa shape index (κ2) is 7.66. The maximum atomic E-state index is 12.6. The molecule has 0 saturated carbocycles. The fourth-order valence-corrected chi connectivity index (χ4v) is 4.39. The van der Waals surface area contributed by atoms with Crippen molar-refractivity contribution >= 4 is 44.6 Å². The maximum absolute atomic E-state index is 12.6. The fourth-order valence-electron chi connectivity index (χ4n) is 2.98. The number of hydrogen-bond donors (Lipinski definition) is 1. The first-order valence-corrected chi connectivity index (χ1v) is 9.73. The SMILES string of the molecule is O=C(Nc1cccc(OC[C@H]2CCCO2)c1)c1sc2ccccc2c1Cl. The largest absolute Gasteiger partial charge is 0.491 e. The van der Waals surface area contributed by atoms with Crippen LogP contribution in [-0.2, 0) is 4.74 Å². The highest BCUT2D eigenvalue weighted by Gasteiger charge is 2.18. The minimum atomic E-state index is -0.215. The second-order valence-corrected chi connectivity index (χ2v) is 7.60. The summed E-state index contributed by atoms with van der Waals surface area (Å²) in [4.78, 5) is 13.1. The normalized spacial score (nSPS) is 16.7. The van der Waals surface area contributed by atoms with Crippen LogP contribution in [0.3, 0.4) is 0 Å². The van der Waals surface area contributed by atoms with Crippen LogP contribution in [-0.4, -0.2) is 25.2 Å². The quantitative estimate of drug-likeness (QED) is 0.640. The molecule has 4 rings (SSSR count). The van der Waals surface area contributed by atoms with Gasteiger partial charge >= 0.3 is 0 Å². The Labute approximate surface area is 160 Å². The van der Waals surface area contributed by atoms with E-state index >= 15 is 0 Å². The van der Waals surface area contributed by atoms with E-state index in [0.717, 1.165) is 29.5 Å². The third-order valence-electron chi connectivity index (χ3n) is 4.29. The molecule has 0 spiro atoms. The summed E-state index contributed by atoms with van der Waals surface area (Å²) in [5.41, 5.74) is 0.674. The molecule has 4 nitrogen and oxygen atoms in total. The number of rotatable bonds is 5. The average Bonchev–Trinajstić information content (AvgIpc) is 3.29. The van der Waals surface area contributed by atoms with Gasteiger partial charge in [-0.25, -0.2) is 0 Å². The molecule has 6 heteroatoms. The highest BCUT2D eigenvalue weighted by atomic mass is 35.5. The summed E-state index contributed by atoms with van der Waals surface area (Å²) < 4.78 is 12.3. The Bertz CT molecular complexity index is 934. The lowest BCUT2D eigenvalue weighted by molar-refractivity contribution is 0.0680. The van der Waals surface area contributed by atoms with Crippen molar-refractivity contribution in [1.29, 1.82) is 0 Å². The van der Waals surface area contributed by atoms with Crippen LogP contribution in [0, 0.1) is 0 Å². The summed E-state index contributed by atoms with van der Waals surface area (Å²) in [6.07, 6.45) is 2.27. The predicted molar refractivity (Wildman–Crippen MR) is 106 cm³/mol. The third-order valence-corrected chi connectivity index (χ3v) is 5.97. The Kier molecular flexibility index (Phi) is 5.11. The predicted octanol–water partition coefficient (Wildman–Crippen LogP) is 5.36. The van der Waals surface area contributed by atoms with Crippen LogP contribution in [0.15, 0.2) is 48.5 Å². The van der Waals surface area contributed by atoms with Crippen LogP contribution in [0.25, 0.3) is 10.1 Å². The lowest BCUT2D eigenvalue weighted by Gasteiger charge is -2.12. The van der Waals surface area contributed by atoms with Gasteiger partial charge in [0.25, 0.3) is 5.91 Å². The zero-order valence-corrected chi connectivity index (χ0v) is 15.6. The number of anilines is 1. The van der Waals surface area contributed by atoms with Crippen molar-refractivity contribution in [2.45, 2.75) is 18.9 Å². The van der Waals surface area contributed by atoms with E-state index in [9.17, 15) is 4.79 Å². The molecule has 1 N–H and O–H groups in total.